The van der Waals surface area contributed by atoms with Crippen LogP contribution in [0.2, 0.25) is 0 Å². The molecule has 1 aliphatic heterocycles. The summed E-state index contributed by atoms with van der Waals surface area (Å²) in [6, 6.07) is 26.0. The molecule has 3 nitrogen and oxygen atoms in total. The van der Waals surface area contributed by atoms with Gasteiger partial charge in [0.1, 0.15) is 0 Å². The lowest BCUT2D eigenvalue weighted by atomic mass is 9.78. The van der Waals surface area contributed by atoms with Crippen LogP contribution in [0.25, 0.3) is 49.8 Å². The Morgan fingerprint density at radius 1 is 0.763 bits per heavy atom. The molecular formula is C34H32BNO2. The van der Waals surface area contributed by atoms with Gasteiger partial charge in [0.05, 0.1) is 22.4 Å². The van der Waals surface area contributed by atoms with Crippen LogP contribution < -0.4 is 5.46 Å². The molecule has 1 aromatic heterocycles. The standard InChI is InChI=1S/C34H32BNO2/c1-21-14-19-26-28(20-21)24-10-6-7-11-25(24)30-27-12-8-9-13-29(27)36-32(31(26)30)22-15-17-23(18-16-22)35-37-33(2,3)34(4,5)38-35/h6-19,21H,20H2,1-5H3. The molecule has 0 saturated carbocycles. The van der Waals surface area contributed by atoms with E-state index in [1.54, 1.807) is 0 Å². The summed E-state index contributed by atoms with van der Waals surface area (Å²) >= 11 is 0. The smallest absolute Gasteiger partial charge is 0.399 e. The van der Waals surface area contributed by atoms with Crippen LogP contribution in [0.3, 0.4) is 0 Å². The van der Waals surface area contributed by atoms with Crippen molar-refractivity contribution in [1.82, 2.24) is 4.98 Å². The highest BCUT2D eigenvalue weighted by Gasteiger charge is 2.51. The molecule has 1 atom stereocenters. The van der Waals surface area contributed by atoms with E-state index in [4.69, 9.17) is 14.3 Å². The van der Waals surface area contributed by atoms with E-state index in [0.29, 0.717) is 5.92 Å². The summed E-state index contributed by atoms with van der Waals surface area (Å²) in [7, 11) is -0.378. The van der Waals surface area contributed by atoms with Crippen LogP contribution in [0.5, 0.6) is 0 Å². The molecule has 1 saturated heterocycles. The van der Waals surface area contributed by atoms with Gasteiger partial charge in [-0.2, -0.15) is 0 Å². The fourth-order valence-corrected chi connectivity index (χ4v) is 6.05. The van der Waals surface area contributed by atoms with E-state index in [-0.39, 0.29) is 18.3 Å². The largest absolute Gasteiger partial charge is 0.494 e. The first kappa shape index (κ1) is 23.6. The minimum Gasteiger partial charge on any atom is -0.399 e. The van der Waals surface area contributed by atoms with Crippen LogP contribution in [-0.2, 0) is 15.7 Å². The fraction of sp³-hybridized carbons (Fsp3) is 0.265. The molecule has 4 aromatic carbocycles. The molecule has 0 radical (unpaired) electrons. The molecule has 2 heterocycles. The SMILES string of the molecule is CC1C=Cc2c(c3ccccc3c3c2c(-c2ccc(B4OC(C)(C)C(C)(C)O4)cc2)nc2ccccc23)C1. The van der Waals surface area contributed by atoms with Crippen molar-refractivity contribution in [2.45, 2.75) is 52.2 Å². The van der Waals surface area contributed by atoms with Crippen LogP contribution in [0, 0.1) is 5.92 Å². The van der Waals surface area contributed by atoms with Crippen molar-refractivity contribution in [1.29, 1.82) is 0 Å². The first-order chi connectivity index (χ1) is 18.2. The van der Waals surface area contributed by atoms with Crippen molar-refractivity contribution in [3.63, 3.8) is 0 Å². The Hall–Kier alpha value is -3.47. The van der Waals surface area contributed by atoms with Crippen molar-refractivity contribution in [2.24, 2.45) is 5.92 Å². The second-order valence-electron chi connectivity index (χ2n) is 11.9. The molecule has 0 N–H and O–H groups in total. The second kappa shape index (κ2) is 8.27. The zero-order chi connectivity index (χ0) is 26.2. The van der Waals surface area contributed by atoms with Gasteiger partial charge in [-0.1, -0.05) is 85.8 Å². The first-order valence-corrected chi connectivity index (χ1v) is 13.6. The number of hydrogen-bond donors (Lipinski definition) is 0. The van der Waals surface area contributed by atoms with Crippen LogP contribution in [0.15, 0.2) is 78.9 Å². The molecule has 1 unspecified atom stereocenters. The van der Waals surface area contributed by atoms with Gasteiger partial charge >= 0.3 is 7.12 Å². The molecule has 188 valence electrons. The summed E-state index contributed by atoms with van der Waals surface area (Å²) in [5.74, 6) is 0.513. The second-order valence-corrected chi connectivity index (χ2v) is 11.9. The van der Waals surface area contributed by atoms with Crippen LogP contribution in [0.1, 0.15) is 45.7 Å². The minimum absolute atomic E-state index is 0.365. The maximum absolute atomic E-state index is 6.31. The molecule has 1 aliphatic carbocycles. The highest BCUT2D eigenvalue weighted by molar-refractivity contribution is 6.62. The van der Waals surface area contributed by atoms with Gasteiger partial charge in [0, 0.05) is 21.7 Å². The van der Waals surface area contributed by atoms with Gasteiger partial charge in [0.15, 0.2) is 0 Å². The quantitative estimate of drug-likeness (QED) is 0.185. The molecule has 4 heteroatoms. The molecule has 0 bridgehead atoms. The third-order valence-corrected chi connectivity index (χ3v) is 8.84. The Bertz CT molecular complexity index is 1750. The van der Waals surface area contributed by atoms with E-state index in [2.05, 4.69) is 120 Å². The summed E-state index contributed by atoms with van der Waals surface area (Å²) in [6.07, 6.45) is 5.71. The lowest BCUT2D eigenvalue weighted by Crippen LogP contribution is -2.41. The monoisotopic (exact) mass is 497 g/mol. The molecule has 0 amide bonds. The Balaban J connectivity index is 1.48. The van der Waals surface area contributed by atoms with Gasteiger partial charge < -0.3 is 9.31 Å². The van der Waals surface area contributed by atoms with Crippen molar-refractivity contribution in [2.75, 3.05) is 0 Å². The average Bonchev–Trinajstić information content (AvgIpc) is 3.14. The Morgan fingerprint density at radius 2 is 1.39 bits per heavy atom. The van der Waals surface area contributed by atoms with E-state index < -0.39 is 0 Å². The lowest BCUT2D eigenvalue weighted by molar-refractivity contribution is 0.00578. The molecular weight excluding hydrogens is 465 g/mol. The van der Waals surface area contributed by atoms with Crippen molar-refractivity contribution in [3.8, 4) is 11.3 Å². The summed E-state index contributed by atoms with van der Waals surface area (Å²) in [5, 5.41) is 6.38. The number of hydrogen-bond acceptors (Lipinski definition) is 3. The molecule has 2 aliphatic rings. The van der Waals surface area contributed by atoms with Gasteiger partial charge in [-0.15, -0.1) is 0 Å². The van der Waals surface area contributed by atoms with Crippen molar-refractivity contribution < 1.29 is 9.31 Å². The number of para-hydroxylation sites is 1. The van der Waals surface area contributed by atoms with E-state index in [1.807, 2.05) is 0 Å². The first-order valence-electron chi connectivity index (χ1n) is 13.6. The summed E-state index contributed by atoms with van der Waals surface area (Å²) in [5.41, 5.74) is 6.18. The Kier molecular flexibility index (Phi) is 5.14. The average molecular weight is 497 g/mol. The van der Waals surface area contributed by atoms with Gasteiger partial charge in [-0.25, -0.2) is 4.98 Å². The predicted molar refractivity (Wildman–Crippen MR) is 160 cm³/mol. The van der Waals surface area contributed by atoms with Crippen LogP contribution >= 0.6 is 0 Å². The van der Waals surface area contributed by atoms with Gasteiger partial charge in [-0.05, 0) is 73.5 Å². The van der Waals surface area contributed by atoms with Crippen LogP contribution in [-0.4, -0.2) is 23.3 Å². The van der Waals surface area contributed by atoms with Crippen LogP contribution in [0.4, 0.5) is 0 Å². The summed E-state index contributed by atoms with van der Waals surface area (Å²) in [6.45, 7) is 10.7. The number of pyridine rings is 1. The van der Waals surface area contributed by atoms with E-state index in [0.717, 1.165) is 28.7 Å². The number of fused-ring (bicyclic) bond motifs is 8. The third kappa shape index (κ3) is 3.47. The molecule has 38 heavy (non-hydrogen) atoms. The number of allylic oxidation sites excluding steroid dienone is 1. The van der Waals surface area contributed by atoms with Crippen molar-refractivity contribution >= 4 is 51.1 Å². The Morgan fingerprint density at radius 3 is 2.11 bits per heavy atom. The van der Waals surface area contributed by atoms with Gasteiger partial charge in [-0.3, -0.25) is 0 Å². The van der Waals surface area contributed by atoms with E-state index in [1.165, 1.54) is 38.1 Å². The highest BCUT2D eigenvalue weighted by Crippen LogP contribution is 2.44. The lowest BCUT2D eigenvalue weighted by Gasteiger charge is -2.32. The molecule has 5 aromatic rings. The number of nitrogens with zero attached hydrogens (tertiary/aromatic N) is 1. The predicted octanol–water partition coefficient (Wildman–Crippen LogP) is 7.71. The van der Waals surface area contributed by atoms with Gasteiger partial charge in [0.2, 0.25) is 0 Å². The van der Waals surface area contributed by atoms with Gasteiger partial charge in [0.25, 0.3) is 0 Å². The zero-order valence-electron chi connectivity index (χ0n) is 22.7. The summed E-state index contributed by atoms with van der Waals surface area (Å²) in [4.78, 5) is 5.28. The fourth-order valence-electron chi connectivity index (χ4n) is 6.05. The third-order valence-electron chi connectivity index (χ3n) is 8.84. The normalized spacial score (nSPS) is 19.9. The maximum Gasteiger partial charge on any atom is 0.494 e. The van der Waals surface area contributed by atoms with Crippen molar-refractivity contribution in [3.05, 3.63) is 90.0 Å². The van der Waals surface area contributed by atoms with E-state index >= 15 is 0 Å². The maximum atomic E-state index is 6.31. The number of rotatable bonds is 2. The number of aromatic nitrogens is 1. The van der Waals surface area contributed by atoms with E-state index in [9.17, 15) is 0 Å². The summed E-state index contributed by atoms with van der Waals surface area (Å²) < 4.78 is 12.6. The minimum atomic E-state index is -0.378. The molecule has 1 fully saturated rings. The molecule has 0 spiro atoms. The highest BCUT2D eigenvalue weighted by atomic mass is 16.7. The zero-order valence-corrected chi connectivity index (χ0v) is 22.7. The number of benzene rings is 4. The Labute approximate surface area is 224 Å². The topological polar surface area (TPSA) is 31.4 Å². The molecule has 7 rings (SSSR count).